The number of halogens is 1. The van der Waals surface area contributed by atoms with Gasteiger partial charge < -0.3 is 15.1 Å². The van der Waals surface area contributed by atoms with Crippen LogP contribution >= 0.6 is 24.0 Å². The summed E-state index contributed by atoms with van der Waals surface area (Å²) >= 11 is 0. The van der Waals surface area contributed by atoms with Gasteiger partial charge in [-0.1, -0.05) is 6.07 Å². The second-order valence-electron chi connectivity index (χ2n) is 8.02. The molecule has 0 aliphatic carbocycles. The highest BCUT2D eigenvalue weighted by Crippen LogP contribution is 2.14. The Balaban J connectivity index is 0.00000320. The predicted octanol–water partition coefficient (Wildman–Crippen LogP) is 2.14. The molecular formula is C22H37IN6O. The minimum Gasteiger partial charge on any atom is -0.357 e. The first-order valence-corrected chi connectivity index (χ1v) is 11.1. The van der Waals surface area contributed by atoms with Crippen LogP contribution in [-0.2, 0) is 11.2 Å². The third-order valence-corrected chi connectivity index (χ3v) is 5.91. The van der Waals surface area contributed by atoms with Crippen LogP contribution in [0, 0.1) is 6.92 Å². The van der Waals surface area contributed by atoms with Gasteiger partial charge in [0.05, 0.1) is 6.04 Å². The lowest BCUT2D eigenvalue weighted by atomic mass is 10.2. The molecule has 1 amide bonds. The molecule has 168 valence electrons. The molecule has 2 fully saturated rings. The Kier molecular flexibility index (Phi) is 10.3. The molecule has 7 nitrogen and oxygen atoms in total. The van der Waals surface area contributed by atoms with E-state index in [0.29, 0.717) is 5.91 Å². The quantitative estimate of drug-likeness (QED) is 0.349. The van der Waals surface area contributed by atoms with Gasteiger partial charge in [-0.25, -0.2) is 0 Å². The highest BCUT2D eigenvalue weighted by Gasteiger charge is 2.30. The average molecular weight is 528 g/mol. The van der Waals surface area contributed by atoms with E-state index in [1.807, 2.05) is 24.1 Å². The van der Waals surface area contributed by atoms with Crippen molar-refractivity contribution in [2.75, 3.05) is 52.4 Å². The fourth-order valence-corrected chi connectivity index (χ4v) is 4.04. The molecule has 1 atom stereocenters. The molecule has 0 radical (unpaired) electrons. The summed E-state index contributed by atoms with van der Waals surface area (Å²) in [6, 6.07) is 4.15. The molecule has 1 N–H and O–H groups in total. The van der Waals surface area contributed by atoms with Crippen LogP contribution in [0.3, 0.4) is 0 Å². The second-order valence-corrected chi connectivity index (χ2v) is 8.02. The normalized spacial score (nSPS) is 18.8. The molecule has 8 heteroatoms. The molecule has 0 saturated carbocycles. The van der Waals surface area contributed by atoms with Crippen molar-refractivity contribution in [2.24, 2.45) is 4.99 Å². The van der Waals surface area contributed by atoms with E-state index in [4.69, 9.17) is 4.99 Å². The molecule has 0 spiro atoms. The number of amides is 1. The summed E-state index contributed by atoms with van der Waals surface area (Å²) in [5, 5.41) is 3.43. The van der Waals surface area contributed by atoms with Crippen LogP contribution in [0.25, 0.3) is 0 Å². The second kappa shape index (κ2) is 12.4. The summed E-state index contributed by atoms with van der Waals surface area (Å²) in [6.07, 6.45) is 5.12. The summed E-state index contributed by atoms with van der Waals surface area (Å²) in [5.74, 6) is 1.27. The zero-order chi connectivity index (χ0) is 20.6. The van der Waals surface area contributed by atoms with Crippen molar-refractivity contribution in [1.29, 1.82) is 0 Å². The molecule has 3 heterocycles. The Labute approximate surface area is 198 Å². The first kappa shape index (κ1) is 24.8. The molecule has 30 heavy (non-hydrogen) atoms. The molecule has 2 saturated heterocycles. The number of carbonyl (C=O) groups is 1. The molecule has 0 aromatic carbocycles. The standard InChI is InChI=1S/C22H36N6O.HI/c1-4-23-22(24-10-9-20-8-7-18(2)25-17-20)28-15-13-26(14-16-28)19(3)21(29)27-11-5-6-12-27;/h7-8,17,19H,4-6,9-16H2,1-3H3,(H,23,24);1H. The van der Waals surface area contributed by atoms with Gasteiger partial charge in [0.25, 0.3) is 0 Å². The fraction of sp³-hybridized carbons (Fsp3) is 0.682. The summed E-state index contributed by atoms with van der Waals surface area (Å²) in [7, 11) is 0. The number of pyridine rings is 1. The molecule has 1 aromatic heterocycles. The average Bonchev–Trinajstić information content (AvgIpc) is 3.28. The number of nitrogens with one attached hydrogen (secondary N) is 1. The van der Waals surface area contributed by atoms with Crippen molar-refractivity contribution < 1.29 is 4.79 Å². The van der Waals surface area contributed by atoms with E-state index in [1.54, 1.807) is 0 Å². The van der Waals surface area contributed by atoms with E-state index < -0.39 is 0 Å². The summed E-state index contributed by atoms with van der Waals surface area (Å²) in [5.41, 5.74) is 2.26. The first-order valence-electron chi connectivity index (χ1n) is 11.1. The molecule has 2 aliphatic rings. The van der Waals surface area contributed by atoms with Crippen LogP contribution in [-0.4, -0.2) is 90.0 Å². The number of rotatable bonds is 6. The van der Waals surface area contributed by atoms with Crippen molar-refractivity contribution in [2.45, 2.75) is 46.1 Å². The number of aromatic nitrogens is 1. The molecular weight excluding hydrogens is 491 g/mol. The molecule has 2 aliphatic heterocycles. The Morgan fingerprint density at radius 3 is 2.43 bits per heavy atom. The van der Waals surface area contributed by atoms with Gasteiger partial charge in [0.15, 0.2) is 5.96 Å². The number of guanidine groups is 1. The largest absolute Gasteiger partial charge is 0.357 e. The van der Waals surface area contributed by atoms with Gasteiger partial charge in [-0.05, 0) is 51.7 Å². The van der Waals surface area contributed by atoms with Gasteiger partial charge in [0, 0.05) is 64.2 Å². The smallest absolute Gasteiger partial charge is 0.239 e. The summed E-state index contributed by atoms with van der Waals surface area (Å²) in [4.78, 5) is 28.5. The predicted molar refractivity (Wildman–Crippen MR) is 132 cm³/mol. The lowest BCUT2D eigenvalue weighted by Crippen LogP contribution is -2.57. The van der Waals surface area contributed by atoms with Gasteiger partial charge in [-0.15, -0.1) is 24.0 Å². The summed E-state index contributed by atoms with van der Waals surface area (Å²) in [6.45, 7) is 13.2. The number of carbonyl (C=O) groups excluding carboxylic acids is 1. The van der Waals surface area contributed by atoms with Crippen LogP contribution in [0.1, 0.15) is 37.9 Å². The van der Waals surface area contributed by atoms with Gasteiger partial charge >= 0.3 is 0 Å². The number of hydrogen-bond acceptors (Lipinski definition) is 4. The summed E-state index contributed by atoms with van der Waals surface area (Å²) < 4.78 is 0. The van der Waals surface area contributed by atoms with E-state index in [9.17, 15) is 4.79 Å². The van der Waals surface area contributed by atoms with E-state index in [-0.39, 0.29) is 30.0 Å². The Bertz CT molecular complexity index is 681. The number of nitrogens with zero attached hydrogens (tertiary/aromatic N) is 5. The van der Waals surface area contributed by atoms with Crippen molar-refractivity contribution in [1.82, 2.24) is 25.0 Å². The topological polar surface area (TPSA) is 64.1 Å². The zero-order valence-electron chi connectivity index (χ0n) is 18.6. The Morgan fingerprint density at radius 1 is 1.13 bits per heavy atom. The van der Waals surface area contributed by atoms with E-state index in [2.05, 4.69) is 40.0 Å². The third-order valence-electron chi connectivity index (χ3n) is 5.91. The van der Waals surface area contributed by atoms with Crippen LogP contribution in [0.2, 0.25) is 0 Å². The number of likely N-dealkylation sites (tertiary alicyclic amines) is 1. The van der Waals surface area contributed by atoms with Crippen molar-refractivity contribution >= 4 is 35.8 Å². The van der Waals surface area contributed by atoms with E-state index >= 15 is 0 Å². The van der Waals surface area contributed by atoms with Gasteiger partial charge in [0.2, 0.25) is 5.91 Å². The van der Waals surface area contributed by atoms with Crippen LogP contribution < -0.4 is 5.32 Å². The number of piperazine rings is 1. The third kappa shape index (κ3) is 6.80. The lowest BCUT2D eigenvalue weighted by Gasteiger charge is -2.39. The van der Waals surface area contributed by atoms with Crippen molar-refractivity contribution in [3.8, 4) is 0 Å². The van der Waals surface area contributed by atoms with Crippen molar-refractivity contribution in [3.05, 3.63) is 29.6 Å². The van der Waals surface area contributed by atoms with Crippen LogP contribution in [0.5, 0.6) is 0 Å². The maximum absolute atomic E-state index is 12.7. The highest BCUT2D eigenvalue weighted by atomic mass is 127. The first-order chi connectivity index (χ1) is 14.1. The molecule has 3 rings (SSSR count). The van der Waals surface area contributed by atoms with E-state index in [1.165, 1.54) is 5.56 Å². The SMILES string of the molecule is CCNC(=NCCc1ccc(C)nc1)N1CCN(C(C)C(=O)N2CCCC2)CC1.I. The lowest BCUT2D eigenvalue weighted by molar-refractivity contribution is -0.135. The van der Waals surface area contributed by atoms with Gasteiger partial charge in [-0.3, -0.25) is 19.7 Å². The molecule has 1 aromatic rings. The van der Waals surface area contributed by atoms with Crippen molar-refractivity contribution in [3.63, 3.8) is 0 Å². The monoisotopic (exact) mass is 528 g/mol. The molecule has 0 bridgehead atoms. The maximum Gasteiger partial charge on any atom is 0.239 e. The number of aliphatic imine (C=N–C) groups is 1. The number of aryl methyl sites for hydroxylation is 1. The van der Waals surface area contributed by atoms with Gasteiger partial charge in [-0.2, -0.15) is 0 Å². The van der Waals surface area contributed by atoms with Crippen LogP contribution in [0.4, 0.5) is 0 Å². The molecule has 1 unspecified atom stereocenters. The minimum atomic E-state index is -0.0242. The maximum atomic E-state index is 12.7. The zero-order valence-corrected chi connectivity index (χ0v) is 21.0. The number of hydrogen-bond donors (Lipinski definition) is 1. The highest BCUT2D eigenvalue weighted by molar-refractivity contribution is 14.0. The fourth-order valence-electron chi connectivity index (χ4n) is 4.04. The Morgan fingerprint density at radius 2 is 1.83 bits per heavy atom. The van der Waals surface area contributed by atoms with E-state index in [0.717, 1.165) is 83.3 Å². The van der Waals surface area contributed by atoms with Crippen LogP contribution in [0.15, 0.2) is 23.3 Å². The minimum absolute atomic E-state index is 0. The Hall–Kier alpha value is -1.42. The van der Waals surface area contributed by atoms with Gasteiger partial charge in [0.1, 0.15) is 0 Å².